The summed E-state index contributed by atoms with van der Waals surface area (Å²) in [6.07, 6.45) is 4.73. The third-order valence-electron chi connectivity index (χ3n) is 5.21. The number of hydrogen-bond acceptors (Lipinski definition) is 8. The topological polar surface area (TPSA) is 139 Å². The van der Waals surface area contributed by atoms with Crippen LogP contribution < -0.4 is 21.4 Å². The molecule has 3 N–H and O–H groups in total. The van der Waals surface area contributed by atoms with Crippen molar-refractivity contribution in [1.29, 1.82) is 0 Å². The molecule has 0 amide bonds. The number of aromatic amines is 1. The van der Waals surface area contributed by atoms with Crippen molar-refractivity contribution in [2.45, 2.75) is 26.0 Å². The minimum Gasteiger partial charge on any atom is -0.491 e. The molecule has 11 heteroatoms. The van der Waals surface area contributed by atoms with Crippen LogP contribution in [0.2, 0.25) is 0 Å². The summed E-state index contributed by atoms with van der Waals surface area (Å²) in [5, 5.41) is 14.8. The molecule has 34 heavy (non-hydrogen) atoms. The van der Waals surface area contributed by atoms with Gasteiger partial charge in [0.1, 0.15) is 18.5 Å². The van der Waals surface area contributed by atoms with Gasteiger partial charge in [0.25, 0.3) is 5.56 Å². The fourth-order valence-electron chi connectivity index (χ4n) is 3.43. The van der Waals surface area contributed by atoms with E-state index in [9.17, 15) is 14.7 Å². The summed E-state index contributed by atoms with van der Waals surface area (Å²) in [6.45, 7) is 2.03. The molecule has 3 aromatic heterocycles. The van der Waals surface area contributed by atoms with Crippen LogP contribution in [0.5, 0.6) is 5.75 Å². The summed E-state index contributed by atoms with van der Waals surface area (Å²) < 4.78 is 8.44. The Hall–Kier alpha value is -4.25. The highest BCUT2D eigenvalue weighted by molar-refractivity contribution is 5.80. The molecule has 0 bridgehead atoms. The molecular formula is C23H25N7O4. The van der Waals surface area contributed by atoms with E-state index in [0.29, 0.717) is 5.75 Å². The molecule has 0 aliphatic heterocycles. The first-order chi connectivity index (χ1) is 16.5. The van der Waals surface area contributed by atoms with E-state index in [4.69, 9.17) is 4.74 Å². The smallest absolute Gasteiger partial charge is 0.329 e. The van der Waals surface area contributed by atoms with Gasteiger partial charge in [0, 0.05) is 25.0 Å². The minimum absolute atomic E-state index is 0.00506. The van der Waals surface area contributed by atoms with Crippen molar-refractivity contribution in [3.8, 4) is 5.75 Å². The van der Waals surface area contributed by atoms with Gasteiger partial charge >= 0.3 is 5.69 Å². The van der Waals surface area contributed by atoms with Crippen molar-refractivity contribution < 1.29 is 9.84 Å². The van der Waals surface area contributed by atoms with Crippen LogP contribution in [0.1, 0.15) is 18.1 Å². The predicted molar refractivity (Wildman–Crippen MR) is 128 cm³/mol. The van der Waals surface area contributed by atoms with E-state index in [-0.39, 0.29) is 30.3 Å². The van der Waals surface area contributed by atoms with Crippen LogP contribution in [0.3, 0.4) is 0 Å². The molecule has 11 nitrogen and oxygen atoms in total. The van der Waals surface area contributed by atoms with Crippen molar-refractivity contribution >= 4 is 23.3 Å². The summed E-state index contributed by atoms with van der Waals surface area (Å²) >= 11 is 0. The number of pyridine rings is 1. The standard InChI is InChI=1S/C23H25N7O4/c1-3-15-6-4-8-18(10-15)34-14-17(31)13-30-19-20(29(2)23(33)27-21(19)32)26-22(30)28-25-12-16-7-5-9-24-11-16/h4-12,17,31H,3,13-14H2,1-2H3,(H,26,28)(H,27,32,33). The van der Waals surface area contributed by atoms with Crippen molar-refractivity contribution in [3.63, 3.8) is 0 Å². The second kappa shape index (κ2) is 10.1. The highest BCUT2D eigenvalue weighted by Crippen LogP contribution is 2.18. The fourth-order valence-corrected chi connectivity index (χ4v) is 3.43. The van der Waals surface area contributed by atoms with Gasteiger partial charge in [-0.3, -0.25) is 19.3 Å². The van der Waals surface area contributed by atoms with Crippen molar-refractivity contribution in [2.75, 3.05) is 12.0 Å². The maximum absolute atomic E-state index is 12.6. The number of aliphatic hydroxyl groups is 1. The van der Waals surface area contributed by atoms with E-state index >= 15 is 0 Å². The van der Waals surface area contributed by atoms with Gasteiger partial charge in [0.2, 0.25) is 5.95 Å². The number of imidazole rings is 1. The van der Waals surface area contributed by atoms with E-state index in [1.807, 2.05) is 37.3 Å². The maximum atomic E-state index is 12.6. The Kier molecular flexibility index (Phi) is 6.83. The average molecular weight is 463 g/mol. The lowest BCUT2D eigenvalue weighted by molar-refractivity contribution is 0.0938. The van der Waals surface area contributed by atoms with Crippen LogP contribution in [-0.4, -0.2) is 48.1 Å². The van der Waals surface area contributed by atoms with Gasteiger partial charge in [0.15, 0.2) is 11.2 Å². The van der Waals surface area contributed by atoms with Gasteiger partial charge in [-0.25, -0.2) is 10.2 Å². The molecule has 0 aliphatic carbocycles. The Balaban J connectivity index is 1.60. The van der Waals surface area contributed by atoms with Gasteiger partial charge in [-0.05, 0) is 30.2 Å². The van der Waals surface area contributed by atoms with E-state index in [0.717, 1.165) is 17.5 Å². The lowest BCUT2D eigenvalue weighted by Crippen LogP contribution is -2.30. The average Bonchev–Trinajstić information content (AvgIpc) is 3.20. The lowest BCUT2D eigenvalue weighted by Gasteiger charge is -2.15. The van der Waals surface area contributed by atoms with Crippen LogP contribution in [0.25, 0.3) is 11.2 Å². The van der Waals surface area contributed by atoms with Crippen molar-refractivity contribution in [3.05, 3.63) is 80.8 Å². The van der Waals surface area contributed by atoms with Gasteiger partial charge in [-0.1, -0.05) is 25.1 Å². The quantitative estimate of drug-likeness (QED) is 0.251. The molecule has 0 fully saturated rings. The number of nitrogens with zero attached hydrogens (tertiary/aromatic N) is 5. The number of fused-ring (bicyclic) bond motifs is 1. The number of aryl methyl sites for hydroxylation is 2. The minimum atomic E-state index is -0.970. The van der Waals surface area contributed by atoms with Crippen LogP contribution in [0.15, 0.2) is 63.5 Å². The number of hydrogen-bond donors (Lipinski definition) is 3. The van der Waals surface area contributed by atoms with E-state index < -0.39 is 17.4 Å². The van der Waals surface area contributed by atoms with Crippen LogP contribution in [0.4, 0.5) is 5.95 Å². The van der Waals surface area contributed by atoms with Crippen LogP contribution in [0, 0.1) is 0 Å². The number of H-pyrrole nitrogens is 1. The van der Waals surface area contributed by atoms with E-state index in [1.54, 1.807) is 24.7 Å². The third kappa shape index (κ3) is 5.04. The second-order valence-electron chi connectivity index (χ2n) is 7.66. The number of benzene rings is 1. The second-order valence-corrected chi connectivity index (χ2v) is 7.66. The van der Waals surface area contributed by atoms with Gasteiger partial charge in [-0.2, -0.15) is 10.1 Å². The highest BCUT2D eigenvalue weighted by atomic mass is 16.5. The molecule has 176 valence electrons. The molecule has 0 saturated heterocycles. The Morgan fingerprint density at radius 1 is 1.29 bits per heavy atom. The zero-order chi connectivity index (χ0) is 24.1. The third-order valence-corrected chi connectivity index (χ3v) is 5.21. The van der Waals surface area contributed by atoms with E-state index in [2.05, 4.69) is 25.5 Å². The van der Waals surface area contributed by atoms with Gasteiger partial charge < -0.3 is 14.4 Å². The molecule has 0 spiro atoms. The largest absolute Gasteiger partial charge is 0.491 e. The number of ether oxygens (including phenoxy) is 1. The predicted octanol–water partition coefficient (Wildman–Crippen LogP) is 1.27. The Labute approximate surface area is 194 Å². The molecule has 4 rings (SSSR count). The Morgan fingerprint density at radius 2 is 2.15 bits per heavy atom. The first-order valence-corrected chi connectivity index (χ1v) is 10.7. The summed E-state index contributed by atoms with van der Waals surface area (Å²) in [5.41, 5.74) is 3.76. The number of rotatable bonds is 9. The summed E-state index contributed by atoms with van der Waals surface area (Å²) in [6, 6.07) is 11.2. The maximum Gasteiger partial charge on any atom is 0.329 e. The van der Waals surface area contributed by atoms with Crippen molar-refractivity contribution in [1.82, 2.24) is 24.1 Å². The summed E-state index contributed by atoms with van der Waals surface area (Å²) in [7, 11) is 1.50. The van der Waals surface area contributed by atoms with E-state index in [1.165, 1.54) is 16.2 Å². The van der Waals surface area contributed by atoms with Crippen LogP contribution >= 0.6 is 0 Å². The van der Waals surface area contributed by atoms with Gasteiger partial charge in [0.05, 0.1) is 12.8 Å². The van der Waals surface area contributed by atoms with Gasteiger partial charge in [-0.15, -0.1) is 0 Å². The molecule has 0 aliphatic rings. The van der Waals surface area contributed by atoms with Crippen molar-refractivity contribution in [2.24, 2.45) is 12.1 Å². The monoisotopic (exact) mass is 463 g/mol. The molecule has 1 aromatic carbocycles. The molecule has 0 saturated carbocycles. The molecule has 3 heterocycles. The van der Waals surface area contributed by atoms with Crippen LogP contribution in [-0.2, 0) is 20.0 Å². The Bertz CT molecular complexity index is 1420. The number of aromatic nitrogens is 5. The number of hydrazone groups is 1. The SMILES string of the molecule is CCc1cccc(OCC(O)Cn2c(NN=Cc3cccnc3)nc3c2c(=O)[nH]c(=O)n3C)c1. The zero-order valence-electron chi connectivity index (χ0n) is 18.8. The molecule has 4 aromatic rings. The number of aliphatic hydroxyl groups excluding tert-OH is 1. The fraction of sp³-hybridized carbons (Fsp3) is 0.261. The number of anilines is 1. The molecule has 1 unspecified atom stereocenters. The summed E-state index contributed by atoms with van der Waals surface area (Å²) in [4.78, 5) is 35.3. The first kappa shape index (κ1) is 22.9. The molecule has 0 radical (unpaired) electrons. The Morgan fingerprint density at radius 3 is 2.91 bits per heavy atom. The normalized spacial score (nSPS) is 12.3. The highest BCUT2D eigenvalue weighted by Gasteiger charge is 2.20. The summed E-state index contributed by atoms with van der Waals surface area (Å²) in [5.74, 6) is 0.836. The lowest BCUT2D eigenvalue weighted by atomic mass is 10.2. The molecular weight excluding hydrogens is 438 g/mol. The zero-order valence-corrected chi connectivity index (χ0v) is 18.8. The molecule has 1 atom stereocenters. The first-order valence-electron chi connectivity index (χ1n) is 10.7. The number of nitrogens with one attached hydrogen (secondary N) is 2.